The summed E-state index contributed by atoms with van der Waals surface area (Å²) in [5.74, 6) is -0.143. The lowest BCUT2D eigenvalue weighted by atomic mass is 10.00. The molecule has 1 aromatic carbocycles. The first-order chi connectivity index (χ1) is 12.7. The quantitative estimate of drug-likeness (QED) is 0.754. The summed E-state index contributed by atoms with van der Waals surface area (Å²) < 4.78 is 1.74. The van der Waals surface area contributed by atoms with Gasteiger partial charge in [0.15, 0.2) is 0 Å². The molecule has 1 saturated heterocycles. The number of carbonyl (C=O) groups excluding carboxylic acids is 1. The third-order valence-corrected chi connectivity index (χ3v) is 5.37. The number of piperidine rings is 1. The lowest BCUT2D eigenvalue weighted by Crippen LogP contribution is -2.40. The summed E-state index contributed by atoms with van der Waals surface area (Å²) in [6, 6.07) is 6.03. The molecule has 7 heteroatoms. The van der Waals surface area contributed by atoms with E-state index in [1.54, 1.807) is 29.4 Å². The molecule has 6 nitrogen and oxygen atoms in total. The minimum absolute atomic E-state index is 0.143. The third kappa shape index (κ3) is 4.62. The molecular formula is C19H26ClN5O. The third-order valence-electron chi connectivity index (χ3n) is 5.04. The second kappa shape index (κ2) is 9.14. The Hall–Kier alpha value is -1.92. The van der Waals surface area contributed by atoms with Gasteiger partial charge in [0.2, 0.25) is 0 Å². The van der Waals surface area contributed by atoms with Crippen LogP contribution in [0.4, 0.5) is 0 Å². The summed E-state index contributed by atoms with van der Waals surface area (Å²) in [4.78, 5) is 15.1. The van der Waals surface area contributed by atoms with Crippen LogP contribution >= 0.6 is 11.6 Å². The monoisotopic (exact) mass is 375 g/mol. The van der Waals surface area contributed by atoms with Gasteiger partial charge in [-0.2, -0.15) is 0 Å². The average Bonchev–Trinajstić information content (AvgIpc) is 3.20. The minimum atomic E-state index is -0.143. The second-order valence-corrected chi connectivity index (χ2v) is 7.14. The van der Waals surface area contributed by atoms with Gasteiger partial charge in [0.1, 0.15) is 12.7 Å². The fourth-order valence-electron chi connectivity index (χ4n) is 3.58. The van der Waals surface area contributed by atoms with E-state index in [1.165, 1.54) is 32.2 Å². The Bertz CT molecular complexity index is 719. The Labute approximate surface area is 159 Å². The van der Waals surface area contributed by atoms with Gasteiger partial charge in [0, 0.05) is 24.8 Å². The van der Waals surface area contributed by atoms with Crippen molar-refractivity contribution in [1.82, 2.24) is 25.0 Å². The van der Waals surface area contributed by atoms with Crippen molar-refractivity contribution in [1.29, 1.82) is 0 Å². The summed E-state index contributed by atoms with van der Waals surface area (Å²) in [5.41, 5.74) is 1.28. The summed E-state index contributed by atoms with van der Waals surface area (Å²) >= 11 is 6.22. The van der Waals surface area contributed by atoms with Crippen molar-refractivity contribution in [3.05, 3.63) is 41.4 Å². The van der Waals surface area contributed by atoms with Crippen molar-refractivity contribution < 1.29 is 4.79 Å². The van der Waals surface area contributed by atoms with Crippen molar-refractivity contribution in [3.8, 4) is 5.69 Å². The van der Waals surface area contributed by atoms with Crippen LogP contribution in [0, 0.1) is 0 Å². The van der Waals surface area contributed by atoms with E-state index < -0.39 is 0 Å². The number of nitrogens with zero attached hydrogens (tertiary/aromatic N) is 4. The smallest absolute Gasteiger partial charge is 0.252 e. The van der Waals surface area contributed by atoms with E-state index >= 15 is 0 Å². The number of likely N-dealkylation sites (tertiary alicyclic amines) is 1. The van der Waals surface area contributed by atoms with Crippen LogP contribution in [0.2, 0.25) is 5.02 Å². The predicted octanol–water partition coefficient (Wildman–Crippen LogP) is 3.31. The molecule has 2 heterocycles. The number of hydrogen-bond donors (Lipinski definition) is 1. The normalized spacial score (nSPS) is 18.0. The highest BCUT2D eigenvalue weighted by Gasteiger charge is 2.20. The standard InChI is InChI=1S/C19H26ClN5O/c1-2-15-6-3-4-10-24(15)11-5-9-21-19(26)17-12-16(7-8-18(17)20)25-13-22-23-14-25/h7-8,12-15H,2-6,9-11H2,1H3,(H,21,26). The molecule has 2 aromatic rings. The first-order valence-electron chi connectivity index (χ1n) is 9.36. The fourth-order valence-corrected chi connectivity index (χ4v) is 3.78. The molecule has 0 bridgehead atoms. The molecule has 1 N–H and O–H groups in total. The van der Waals surface area contributed by atoms with Crippen molar-refractivity contribution in [2.24, 2.45) is 0 Å². The number of carbonyl (C=O) groups is 1. The molecule has 1 aliphatic heterocycles. The number of rotatable bonds is 7. The van der Waals surface area contributed by atoms with Crippen molar-refractivity contribution >= 4 is 17.5 Å². The largest absolute Gasteiger partial charge is 0.352 e. The van der Waals surface area contributed by atoms with Gasteiger partial charge in [-0.05, 0) is 50.4 Å². The van der Waals surface area contributed by atoms with E-state index in [9.17, 15) is 4.79 Å². The fraction of sp³-hybridized carbons (Fsp3) is 0.526. The summed E-state index contributed by atoms with van der Waals surface area (Å²) in [6.45, 7) is 5.13. The van der Waals surface area contributed by atoms with Crippen molar-refractivity contribution in [2.45, 2.75) is 45.1 Å². The van der Waals surface area contributed by atoms with Crippen LogP contribution in [0.15, 0.2) is 30.9 Å². The zero-order valence-corrected chi connectivity index (χ0v) is 16.0. The second-order valence-electron chi connectivity index (χ2n) is 6.74. The van der Waals surface area contributed by atoms with Crippen LogP contribution in [0.25, 0.3) is 5.69 Å². The molecule has 1 aromatic heterocycles. The number of benzene rings is 1. The van der Waals surface area contributed by atoms with Crippen LogP contribution in [0.3, 0.4) is 0 Å². The maximum Gasteiger partial charge on any atom is 0.252 e. The maximum atomic E-state index is 12.5. The van der Waals surface area contributed by atoms with Crippen LogP contribution in [-0.2, 0) is 0 Å². The zero-order valence-electron chi connectivity index (χ0n) is 15.2. The molecule has 0 spiro atoms. The molecule has 1 unspecified atom stereocenters. The minimum Gasteiger partial charge on any atom is -0.352 e. The van der Waals surface area contributed by atoms with Crippen LogP contribution < -0.4 is 5.32 Å². The SMILES string of the molecule is CCC1CCCCN1CCCNC(=O)c1cc(-n2cnnc2)ccc1Cl. The van der Waals surface area contributed by atoms with E-state index in [4.69, 9.17) is 11.6 Å². The van der Waals surface area contributed by atoms with E-state index in [1.807, 2.05) is 6.07 Å². The molecule has 1 aliphatic rings. The van der Waals surface area contributed by atoms with Crippen LogP contribution in [0.5, 0.6) is 0 Å². The first-order valence-corrected chi connectivity index (χ1v) is 9.73. The van der Waals surface area contributed by atoms with Gasteiger partial charge in [-0.15, -0.1) is 10.2 Å². The zero-order chi connectivity index (χ0) is 18.4. The van der Waals surface area contributed by atoms with Gasteiger partial charge in [0.05, 0.1) is 10.6 Å². The van der Waals surface area contributed by atoms with Gasteiger partial charge in [-0.3, -0.25) is 9.36 Å². The van der Waals surface area contributed by atoms with Gasteiger partial charge in [0.25, 0.3) is 5.91 Å². The number of halogens is 1. The molecule has 26 heavy (non-hydrogen) atoms. The Morgan fingerprint density at radius 1 is 1.31 bits per heavy atom. The van der Waals surface area contributed by atoms with Crippen LogP contribution in [-0.4, -0.2) is 51.2 Å². The molecule has 0 radical (unpaired) electrons. The van der Waals surface area contributed by atoms with Gasteiger partial charge >= 0.3 is 0 Å². The maximum absolute atomic E-state index is 12.5. The Balaban J connectivity index is 1.53. The van der Waals surface area contributed by atoms with E-state index in [0.717, 1.165) is 18.7 Å². The highest BCUT2D eigenvalue weighted by Crippen LogP contribution is 2.21. The molecule has 1 atom stereocenters. The van der Waals surface area contributed by atoms with Gasteiger partial charge in [-0.25, -0.2) is 0 Å². The molecule has 1 amide bonds. The van der Waals surface area contributed by atoms with Gasteiger partial charge < -0.3 is 10.2 Å². The summed E-state index contributed by atoms with van der Waals surface area (Å²) in [5, 5.41) is 11.0. The van der Waals surface area contributed by atoms with Crippen LogP contribution in [0.1, 0.15) is 49.4 Å². The number of amides is 1. The highest BCUT2D eigenvalue weighted by atomic mass is 35.5. The molecule has 0 saturated carbocycles. The van der Waals surface area contributed by atoms with E-state index in [2.05, 4.69) is 27.3 Å². The molecule has 0 aliphatic carbocycles. The molecule has 1 fully saturated rings. The Morgan fingerprint density at radius 3 is 2.88 bits per heavy atom. The number of nitrogens with one attached hydrogen (secondary N) is 1. The summed E-state index contributed by atoms with van der Waals surface area (Å²) in [6.07, 6.45) is 9.26. The molecule has 3 rings (SSSR count). The lowest BCUT2D eigenvalue weighted by Gasteiger charge is -2.35. The molecule has 140 valence electrons. The number of aromatic nitrogens is 3. The highest BCUT2D eigenvalue weighted by molar-refractivity contribution is 6.33. The number of hydrogen-bond acceptors (Lipinski definition) is 4. The first kappa shape index (κ1) is 18.9. The summed E-state index contributed by atoms with van der Waals surface area (Å²) in [7, 11) is 0. The Kier molecular flexibility index (Phi) is 6.63. The Morgan fingerprint density at radius 2 is 2.12 bits per heavy atom. The van der Waals surface area contributed by atoms with E-state index in [-0.39, 0.29) is 5.91 Å². The lowest BCUT2D eigenvalue weighted by molar-refractivity contribution is 0.0947. The average molecular weight is 376 g/mol. The van der Waals surface area contributed by atoms with Crippen molar-refractivity contribution in [3.63, 3.8) is 0 Å². The van der Waals surface area contributed by atoms with E-state index in [0.29, 0.717) is 23.2 Å². The molecular weight excluding hydrogens is 350 g/mol. The predicted molar refractivity (Wildman–Crippen MR) is 103 cm³/mol. The topological polar surface area (TPSA) is 63.1 Å². The van der Waals surface area contributed by atoms with Gasteiger partial charge in [-0.1, -0.05) is 24.9 Å². The van der Waals surface area contributed by atoms with Crippen molar-refractivity contribution in [2.75, 3.05) is 19.6 Å².